The molecule has 4 nitrogen and oxygen atoms in total. The number of benzene rings is 3. The second kappa shape index (κ2) is 8.67. The van der Waals surface area contributed by atoms with Crippen LogP contribution in [0.1, 0.15) is 35.6 Å². The standard InChI is InChI=1S/C24H21ClFN3O/c1-16(17-5-3-2-4-6-17)27-24(30)29-15-22(18-9-13-21(26)14-10-18)23(28-29)19-7-11-20(25)12-8-19/h2-14,16,22H,15H2,1H3,(H,27,30)/t16-,22-/m1/s1. The van der Waals surface area contributed by atoms with Gasteiger partial charge in [0.2, 0.25) is 0 Å². The Kier molecular flexibility index (Phi) is 5.81. The zero-order valence-electron chi connectivity index (χ0n) is 16.4. The molecule has 0 radical (unpaired) electrons. The molecular formula is C24H21ClFN3O. The molecule has 1 N–H and O–H groups in total. The van der Waals surface area contributed by atoms with Gasteiger partial charge in [-0.15, -0.1) is 0 Å². The molecule has 2 amide bonds. The van der Waals surface area contributed by atoms with Crippen LogP contribution in [-0.4, -0.2) is 23.3 Å². The number of hydrazone groups is 1. The van der Waals surface area contributed by atoms with Crippen LogP contribution in [-0.2, 0) is 0 Å². The largest absolute Gasteiger partial charge is 0.338 e. The summed E-state index contributed by atoms with van der Waals surface area (Å²) in [5.41, 5.74) is 3.54. The number of carbonyl (C=O) groups excluding carboxylic acids is 1. The molecule has 1 aliphatic rings. The number of hydrogen-bond donors (Lipinski definition) is 1. The van der Waals surface area contributed by atoms with E-state index in [-0.39, 0.29) is 23.8 Å². The molecule has 3 aromatic rings. The van der Waals surface area contributed by atoms with Gasteiger partial charge in [-0.1, -0.05) is 66.2 Å². The van der Waals surface area contributed by atoms with Gasteiger partial charge in [0, 0.05) is 10.9 Å². The van der Waals surface area contributed by atoms with E-state index >= 15 is 0 Å². The highest BCUT2D eigenvalue weighted by Crippen LogP contribution is 2.30. The molecule has 1 aliphatic heterocycles. The van der Waals surface area contributed by atoms with Crippen molar-refractivity contribution in [2.24, 2.45) is 5.10 Å². The molecular weight excluding hydrogens is 401 g/mol. The molecule has 0 saturated carbocycles. The molecule has 0 spiro atoms. The van der Waals surface area contributed by atoms with E-state index in [1.165, 1.54) is 17.1 Å². The predicted octanol–water partition coefficient (Wildman–Crippen LogP) is 5.75. The van der Waals surface area contributed by atoms with Gasteiger partial charge in [-0.05, 0) is 47.9 Å². The monoisotopic (exact) mass is 421 g/mol. The number of halogens is 2. The van der Waals surface area contributed by atoms with Crippen molar-refractivity contribution in [2.75, 3.05) is 6.54 Å². The smallest absolute Gasteiger partial charge is 0.330 e. The molecule has 0 aromatic heterocycles. The van der Waals surface area contributed by atoms with Crippen molar-refractivity contribution in [1.82, 2.24) is 10.3 Å². The molecule has 6 heteroatoms. The summed E-state index contributed by atoms with van der Waals surface area (Å²) in [7, 11) is 0. The van der Waals surface area contributed by atoms with Crippen LogP contribution in [0.15, 0.2) is 84.0 Å². The lowest BCUT2D eigenvalue weighted by molar-refractivity contribution is 0.200. The molecule has 0 aliphatic carbocycles. The van der Waals surface area contributed by atoms with Gasteiger partial charge in [0.05, 0.1) is 18.3 Å². The fourth-order valence-electron chi connectivity index (χ4n) is 3.55. The Bertz CT molecular complexity index is 1050. The Balaban J connectivity index is 1.60. The number of rotatable bonds is 4. The van der Waals surface area contributed by atoms with Crippen LogP contribution in [0.5, 0.6) is 0 Å². The normalized spacial score (nSPS) is 16.8. The van der Waals surface area contributed by atoms with Gasteiger partial charge < -0.3 is 5.32 Å². The number of amides is 2. The number of carbonyl (C=O) groups is 1. The highest BCUT2D eigenvalue weighted by Gasteiger charge is 2.32. The summed E-state index contributed by atoms with van der Waals surface area (Å²) < 4.78 is 13.4. The lowest BCUT2D eigenvalue weighted by atomic mass is 9.90. The first kappa shape index (κ1) is 20.1. The average Bonchev–Trinajstić information content (AvgIpc) is 3.21. The van der Waals surface area contributed by atoms with Crippen molar-refractivity contribution < 1.29 is 9.18 Å². The number of hydrogen-bond acceptors (Lipinski definition) is 2. The van der Waals surface area contributed by atoms with E-state index in [9.17, 15) is 9.18 Å². The minimum absolute atomic E-state index is 0.155. The third-order valence-electron chi connectivity index (χ3n) is 5.20. The van der Waals surface area contributed by atoms with Crippen molar-refractivity contribution in [1.29, 1.82) is 0 Å². The van der Waals surface area contributed by atoms with Crippen LogP contribution >= 0.6 is 11.6 Å². The zero-order valence-corrected chi connectivity index (χ0v) is 17.2. The molecule has 0 fully saturated rings. The second-order valence-electron chi connectivity index (χ2n) is 7.26. The zero-order chi connectivity index (χ0) is 21.1. The van der Waals surface area contributed by atoms with Gasteiger partial charge in [-0.3, -0.25) is 0 Å². The molecule has 2 atom stereocenters. The molecule has 0 unspecified atom stereocenters. The van der Waals surface area contributed by atoms with Crippen molar-refractivity contribution in [2.45, 2.75) is 18.9 Å². The van der Waals surface area contributed by atoms with Gasteiger partial charge in [0.25, 0.3) is 0 Å². The Morgan fingerprint density at radius 2 is 1.73 bits per heavy atom. The minimum atomic E-state index is -0.298. The Morgan fingerprint density at radius 1 is 1.07 bits per heavy atom. The van der Waals surface area contributed by atoms with E-state index in [4.69, 9.17) is 11.6 Å². The minimum Gasteiger partial charge on any atom is -0.330 e. The van der Waals surface area contributed by atoms with Crippen LogP contribution in [0.25, 0.3) is 0 Å². The first-order valence-electron chi connectivity index (χ1n) is 9.74. The van der Waals surface area contributed by atoms with E-state index in [0.29, 0.717) is 11.6 Å². The van der Waals surface area contributed by atoms with Gasteiger partial charge >= 0.3 is 6.03 Å². The summed E-state index contributed by atoms with van der Waals surface area (Å²) in [4.78, 5) is 12.9. The molecule has 1 heterocycles. The van der Waals surface area contributed by atoms with Gasteiger partial charge in [0.15, 0.2) is 0 Å². The van der Waals surface area contributed by atoms with E-state index in [1.54, 1.807) is 24.3 Å². The Labute approximate surface area is 180 Å². The van der Waals surface area contributed by atoms with Crippen LogP contribution in [0, 0.1) is 5.82 Å². The Morgan fingerprint density at radius 3 is 2.40 bits per heavy atom. The van der Waals surface area contributed by atoms with E-state index in [2.05, 4.69) is 10.4 Å². The predicted molar refractivity (Wildman–Crippen MR) is 117 cm³/mol. The van der Waals surface area contributed by atoms with E-state index in [0.717, 1.165) is 22.4 Å². The van der Waals surface area contributed by atoms with Crippen LogP contribution in [0.3, 0.4) is 0 Å². The molecule has 0 saturated heterocycles. The maximum atomic E-state index is 13.4. The fraction of sp³-hybridized carbons (Fsp3) is 0.167. The third-order valence-corrected chi connectivity index (χ3v) is 5.45. The highest BCUT2D eigenvalue weighted by molar-refractivity contribution is 6.30. The topological polar surface area (TPSA) is 44.7 Å². The summed E-state index contributed by atoms with van der Waals surface area (Å²) in [5, 5.41) is 9.68. The van der Waals surface area contributed by atoms with Crippen molar-refractivity contribution in [3.8, 4) is 0 Å². The van der Waals surface area contributed by atoms with Gasteiger partial charge in [-0.25, -0.2) is 14.2 Å². The molecule has 30 heavy (non-hydrogen) atoms. The number of nitrogens with one attached hydrogen (secondary N) is 1. The fourth-order valence-corrected chi connectivity index (χ4v) is 3.68. The summed E-state index contributed by atoms with van der Waals surface area (Å²) in [5.74, 6) is -0.461. The average molecular weight is 422 g/mol. The molecule has 0 bridgehead atoms. The van der Waals surface area contributed by atoms with Crippen LogP contribution in [0.2, 0.25) is 5.02 Å². The first-order valence-corrected chi connectivity index (χ1v) is 10.1. The second-order valence-corrected chi connectivity index (χ2v) is 7.70. The van der Waals surface area contributed by atoms with Gasteiger partial charge in [0.1, 0.15) is 5.82 Å². The van der Waals surface area contributed by atoms with Crippen LogP contribution < -0.4 is 5.32 Å². The lowest BCUT2D eigenvalue weighted by Crippen LogP contribution is -2.37. The first-order chi connectivity index (χ1) is 14.5. The van der Waals surface area contributed by atoms with Crippen molar-refractivity contribution >= 4 is 23.3 Å². The lowest BCUT2D eigenvalue weighted by Gasteiger charge is -2.19. The Hall–Kier alpha value is -3.18. The highest BCUT2D eigenvalue weighted by atomic mass is 35.5. The van der Waals surface area contributed by atoms with E-state index < -0.39 is 0 Å². The third kappa shape index (κ3) is 4.36. The van der Waals surface area contributed by atoms with Crippen molar-refractivity contribution in [3.05, 3.63) is 106 Å². The number of urea groups is 1. The summed E-state index contributed by atoms with van der Waals surface area (Å²) >= 11 is 6.03. The SMILES string of the molecule is C[C@@H](NC(=O)N1C[C@H](c2ccc(F)cc2)C(c2ccc(Cl)cc2)=N1)c1ccccc1. The van der Waals surface area contributed by atoms with Gasteiger partial charge in [-0.2, -0.15) is 5.10 Å². The quantitative estimate of drug-likeness (QED) is 0.572. The maximum absolute atomic E-state index is 13.4. The molecule has 4 rings (SSSR count). The summed E-state index contributed by atoms with van der Waals surface area (Å²) in [6.07, 6.45) is 0. The number of nitrogens with zero attached hydrogens (tertiary/aromatic N) is 2. The molecule has 152 valence electrons. The maximum Gasteiger partial charge on any atom is 0.338 e. The summed E-state index contributed by atoms with van der Waals surface area (Å²) in [6.45, 7) is 2.31. The van der Waals surface area contributed by atoms with E-state index in [1.807, 2.05) is 49.4 Å². The van der Waals surface area contributed by atoms with Crippen LogP contribution in [0.4, 0.5) is 9.18 Å². The molecule has 3 aromatic carbocycles. The van der Waals surface area contributed by atoms with Crippen molar-refractivity contribution in [3.63, 3.8) is 0 Å². The summed E-state index contributed by atoms with van der Waals surface area (Å²) in [6, 6.07) is 23.0.